The molecule has 21 heavy (non-hydrogen) atoms. The molecule has 0 aliphatic heterocycles. The molecule has 1 heterocycles. The fraction of sp³-hybridized carbons (Fsp3) is 0.167. The molecule has 1 aromatic heterocycles. The van der Waals surface area contributed by atoms with Crippen LogP contribution in [0.25, 0.3) is 5.57 Å². The van der Waals surface area contributed by atoms with Crippen LogP contribution in [0.5, 0.6) is 0 Å². The zero-order chi connectivity index (χ0) is 15.2. The van der Waals surface area contributed by atoms with Gasteiger partial charge in [0.05, 0.1) is 22.9 Å². The number of hydrogen-bond donors (Lipinski definition) is 1. The summed E-state index contributed by atoms with van der Waals surface area (Å²) >= 11 is 0. The van der Waals surface area contributed by atoms with Gasteiger partial charge >= 0.3 is 0 Å². The van der Waals surface area contributed by atoms with E-state index in [9.17, 15) is 5.11 Å². The van der Waals surface area contributed by atoms with Gasteiger partial charge < -0.3 is 5.11 Å². The fourth-order valence-electron chi connectivity index (χ4n) is 1.97. The minimum absolute atomic E-state index is 0.566. The van der Waals surface area contributed by atoms with Crippen LogP contribution in [0, 0.1) is 11.3 Å². The van der Waals surface area contributed by atoms with Crippen LogP contribution in [-0.2, 0) is 0 Å². The van der Waals surface area contributed by atoms with Crippen LogP contribution >= 0.6 is 0 Å². The molecule has 0 aliphatic carbocycles. The zero-order valence-electron chi connectivity index (χ0n) is 12.0. The minimum atomic E-state index is -0.831. The van der Waals surface area contributed by atoms with E-state index in [0.717, 1.165) is 5.57 Å². The first-order chi connectivity index (χ1) is 10.1. The highest BCUT2D eigenvalue weighted by molar-refractivity contribution is 5.67. The molecule has 0 bridgehead atoms. The summed E-state index contributed by atoms with van der Waals surface area (Å²) in [6.45, 7) is 3.85. The Balaban J connectivity index is 2.47. The third-order valence-corrected chi connectivity index (χ3v) is 2.95. The van der Waals surface area contributed by atoms with Crippen LogP contribution in [0.1, 0.15) is 36.8 Å². The first-order valence-electron chi connectivity index (χ1n) is 6.65. The third-order valence-electron chi connectivity index (χ3n) is 2.95. The number of aromatic nitrogens is 1. The van der Waals surface area contributed by atoms with E-state index < -0.39 is 6.10 Å². The number of aliphatic hydroxyl groups excluding tert-OH is 1. The van der Waals surface area contributed by atoms with Gasteiger partial charge in [-0.05, 0) is 49.2 Å². The Labute approximate surface area is 124 Å². The van der Waals surface area contributed by atoms with E-state index in [1.54, 1.807) is 30.5 Å². The SMILES string of the molecule is CC(C)=C=C(c1ccccn1)C(O)c1ccc(C#N)cc1. The monoisotopic (exact) mass is 276 g/mol. The summed E-state index contributed by atoms with van der Waals surface area (Å²) in [5.41, 5.74) is 6.73. The minimum Gasteiger partial charge on any atom is -0.383 e. The van der Waals surface area contributed by atoms with Crippen molar-refractivity contribution in [3.05, 3.63) is 76.8 Å². The number of benzene rings is 1. The zero-order valence-corrected chi connectivity index (χ0v) is 12.0. The first kappa shape index (κ1) is 14.7. The predicted octanol–water partition coefficient (Wildman–Crippen LogP) is 3.64. The van der Waals surface area contributed by atoms with Crippen molar-refractivity contribution in [2.24, 2.45) is 0 Å². The topological polar surface area (TPSA) is 56.9 Å². The Morgan fingerprint density at radius 2 is 1.86 bits per heavy atom. The van der Waals surface area contributed by atoms with Crippen LogP contribution in [0.4, 0.5) is 0 Å². The van der Waals surface area contributed by atoms with Crippen LogP contribution in [-0.4, -0.2) is 10.1 Å². The van der Waals surface area contributed by atoms with Crippen molar-refractivity contribution in [3.8, 4) is 6.07 Å². The van der Waals surface area contributed by atoms with Gasteiger partial charge in [-0.15, -0.1) is 5.73 Å². The molecule has 2 rings (SSSR count). The molecule has 0 radical (unpaired) electrons. The van der Waals surface area contributed by atoms with Gasteiger partial charge in [-0.2, -0.15) is 5.26 Å². The molecule has 0 amide bonds. The molecule has 1 unspecified atom stereocenters. The number of aliphatic hydroxyl groups is 1. The second-order valence-corrected chi connectivity index (χ2v) is 4.89. The first-order valence-corrected chi connectivity index (χ1v) is 6.65. The summed E-state index contributed by atoms with van der Waals surface area (Å²) in [5.74, 6) is 0. The molecule has 0 spiro atoms. The molecule has 0 saturated heterocycles. The molecule has 3 heteroatoms. The Morgan fingerprint density at radius 1 is 1.14 bits per heavy atom. The van der Waals surface area contributed by atoms with Gasteiger partial charge in [0.15, 0.2) is 0 Å². The van der Waals surface area contributed by atoms with E-state index in [-0.39, 0.29) is 0 Å². The van der Waals surface area contributed by atoms with Crippen LogP contribution in [0.15, 0.2) is 60.0 Å². The summed E-state index contributed by atoms with van der Waals surface area (Å²) in [4.78, 5) is 4.29. The lowest BCUT2D eigenvalue weighted by Crippen LogP contribution is -2.02. The largest absolute Gasteiger partial charge is 0.383 e. The number of rotatable bonds is 3. The predicted molar refractivity (Wildman–Crippen MR) is 82.1 cm³/mol. The Bertz CT molecular complexity index is 714. The van der Waals surface area contributed by atoms with Crippen LogP contribution in [0.3, 0.4) is 0 Å². The molecule has 0 fully saturated rings. The van der Waals surface area contributed by atoms with Crippen molar-refractivity contribution in [1.82, 2.24) is 4.98 Å². The molecule has 0 aliphatic rings. The van der Waals surface area contributed by atoms with Gasteiger partial charge in [-0.3, -0.25) is 4.98 Å². The standard InChI is InChI=1S/C18H16N2O/c1-13(2)11-16(17-5-3-4-10-20-17)18(21)15-8-6-14(12-19)7-9-15/h3-10,18,21H,1-2H3. The van der Waals surface area contributed by atoms with Gasteiger partial charge in [0.2, 0.25) is 0 Å². The lowest BCUT2D eigenvalue weighted by Gasteiger charge is -2.13. The molecular formula is C18H16N2O. The van der Waals surface area contributed by atoms with E-state index in [2.05, 4.69) is 16.8 Å². The molecular weight excluding hydrogens is 260 g/mol. The second kappa shape index (κ2) is 6.67. The molecule has 1 atom stereocenters. The molecule has 104 valence electrons. The van der Waals surface area contributed by atoms with Crippen molar-refractivity contribution in [2.45, 2.75) is 20.0 Å². The van der Waals surface area contributed by atoms with Gasteiger partial charge in [-0.25, -0.2) is 0 Å². The van der Waals surface area contributed by atoms with E-state index in [1.807, 2.05) is 32.0 Å². The normalized spacial score (nSPS) is 11.1. The molecule has 0 saturated carbocycles. The van der Waals surface area contributed by atoms with Crippen molar-refractivity contribution in [1.29, 1.82) is 5.26 Å². The van der Waals surface area contributed by atoms with E-state index in [0.29, 0.717) is 22.4 Å². The number of nitriles is 1. The number of pyridine rings is 1. The summed E-state index contributed by atoms with van der Waals surface area (Å²) in [6, 6.07) is 14.5. The average molecular weight is 276 g/mol. The van der Waals surface area contributed by atoms with Gasteiger partial charge in [0, 0.05) is 6.20 Å². The smallest absolute Gasteiger partial charge is 0.113 e. The lowest BCUT2D eigenvalue weighted by atomic mass is 9.98. The van der Waals surface area contributed by atoms with Crippen molar-refractivity contribution in [3.63, 3.8) is 0 Å². The van der Waals surface area contributed by atoms with Crippen molar-refractivity contribution >= 4 is 5.57 Å². The van der Waals surface area contributed by atoms with Gasteiger partial charge in [0.25, 0.3) is 0 Å². The maximum Gasteiger partial charge on any atom is 0.113 e. The van der Waals surface area contributed by atoms with Crippen molar-refractivity contribution in [2.75, 3.05) is 0 Å². The van der Waals surface area contributed by atoms with E-state index >= 15 is 0 Å². The Kier molecular flexibility index (Phi) is 4.68. The Hall–Kier alpha value is -2.66. The lowest BCUT2D eigenvalue weighted by molar-refractivity contribution is 0.238. The quantitative estimate of drug-likeness (QED) is 0.871. The maximum atomic E-state index is 10.6. The molecule has 1 N–H and O–H groups in total. The highest BCUT2D eigenvalue weighted by atomic mass is 16.3. The summed E-state index contributed by atoms with van der Waals surface area (Å²) < 4.78 is 0. The molecule has 1 aromatic carbocycles. The average Bonchev–Trinajstić information content (AvgIpc) is 2.53. The highest BCUT2D eigenvalue weighted by Gasteiger charge is 2.16. The third kappa shape index (κ3) is 3.67. The van der Waals surface area contributed by atoms with E-state index in [4.69, 9.17) is 5.26 Å². The highest BCUT2D eigenvalue weighted by Crippen LogP contribution is 2.28. The maximum absolute atomic E-state index is 10.6. The van der Waals surface area contributed by atoms with E-state index in [1.165, 1.54) is 0 Å². The van der Waals surface area contributed by atoms with Crippen LogP contribution < -0.4 is 0 Å². The molecule has 3 nitrogen and oxygen atoms in total. The summed E-state index contributed by atoms with van der Waals surface area (Å²) in [6.07, 6.45) is 0.857. The number of hydrogen-bond acceptors (Lipinski definition) is 3. The second-order valence-electron chi connectivity index (χ2n) is 4.89. The summed E-state index contributed by atoms with van der Waals surface area (Å²) in [5, 5.41) is 19.4. The fourth-order valence-corrected chi connectivity index (χ4v) is 1.97. The molecule has 2 aromatic rings. The Morgan fingerprint density at radius 3 is 2.38 bits per heavy atom. The van der Waals surface area contributed by atoms with Crippen molar-refractivity contribution < 1.29 is 5.11 Å². The van der Waals surface area contributed by atoms with Crippen LogP contribution in [0.2, 0.25) is 0 Å². The number of nitrogens with zero attached hydrogens (tertiary/aromatic N) is 2. The van der Waals surface area contributed by atoms with Gasteiger partial charge in [0.1, 0.15) is 6.10 Å². The van der Waals surface area contributed by atoms with Gasteiger partial charge in [-0.1, -0.05) is 18.2 Å². The summed E-state index contributed by atoms with van der Waals surface area (Å²) in [7, 11) is 0.